The lowest BCUT2D eigenvalue weighted by Crippen LogP contribution is -2.49. The minimum Gasteiger partial charge on any atom is -0.453 e. The topological polar surface area (TPSA) is 68.9 Å². The summed E-state index contributed by atoms with van der Waals surface area (Å²) in [5, 5.41) is 14.4. The van der Waals surface area contributed by atoms with Crippen LogP contribution in [-0.4, -0.2) is 23.3 Å². The number of ether oxygens (including phenoxy) is 1. The lowest BCUT2D eigenvalue weighted by Gasteiger charge is -2.43. The molecule has 2 aromatic carbocycles. The van der Waals surface area contributed by atoms with Crippen molar-refractivity contribution in [3.63, 3.8) is 0 Å². The molecule has 2 aliphatic rings. The van der Waals surface area contributed by atoms with Gasteiger partial charge in [-0.2, -0.15) is 5.11 Å². The summed E-state index contributed by atoms with van der Waals surface area (Å²) < 4.78 is 6.00. The number of rotatable bonds is 2. The Morgan fingerprint density at radius 3 is 2.22 bits per heavy atom. The fourth-order valence-corrected chi connectivity index (χ4v) is 3.65. The quantitative estimate of drug-likeness (QED) is 0.815. The molecule has 0 unspecified atom stereocenters. The van der Waals surface area contributed by atoms with Gasteiger partial charge in [-0.3, -0.25) is 0 Å². The van der Waals surface area contributed by atoms with E-state index in [1.54, 1.807) is 0 Å². The fourth-order valence-electron chi connectivity index (χ4n) is 3.65. The van der Waals surface area contributed by atoms with Gasteiger partial charge in [0.2, 0.25) is 0 Å². The van der Waals surface area contributed by atoms with Gasteiger partial charge >= 0.3 is 0 Å². The number of fused-ring (bicyclic) bond motifs is 2. The number of hydrogen-bond donors (Lipinski definition) is 2. The zero-order valence-corrected chi connectivity index (χ0v) is 12.7. The van der Waals surface area contributed by atoms with Gasteiger partial charge in [0.15, 0.2) is 11.5 Å². The van der Waals surface area contributed by atoms with Crippen LogP contribution < -0.4 is 9.64 Å². The minimum absolute atomic E-state index is 0.103. The number of benzene rings is 2. The highest BCUT2D eigenvalue weighted by Gasteiger charge is 2.39. The average Bonchev–Trinajstić information content (AvgIpc) is 2.60. The molecule has 0 aromatic heterocycles. The summed E-state index contributed by atoms with van der Waals surface area (Å²) in [6.07, 6.45) is 1.95. The van der Waals surface area contributed by atoms with Gasteiger partial charge in [-0.15, -0.1) is 0 Å². The van der Waals surface area contributed by atoms with Crippen molar-refractivity contribution in [2.24, 2.45) is 5.11 Å². The van der Waals surface area contributed by atoms with E-state index in [-0.39, 0.29) is 12.1 Å². The van der Waals surface area contributed by atoms with Gasteiger partial charge in [0.1, 0.15) is 0 Å². The third-order valence-corrected chi connectivity index (χ3v) is 4.76. The number of aliphatic hydroxyl groups is 1. The summed E-state index contributed by atoms with van der Waals surface area (Å²) in [4.78, 5) is 2.16. The number of aliphatic hydroxyl groups excluding tert-OH is 1. The molecule has 1 heterocycles. The number of nitrogens with one attached hydrogen (secondary N) is 1. The Balaban J connectivity index is 1.82. The largest absolute Gasteiger partial charge is 0.453 e. The van der Waals surface area contributed by atoms with Gasteiger partial charge in [0.25, 0.3) is 0 Å². The summed E-state index contributed by atoms with van der Waals surface area (Å²) in [6.45, 7) is 0. The van der Waals surface area contributed by atoms with Gasteiger partial charge in [-0.05, 0) is 43.5 Å². The second-order valence-electron chi connectivity index (χ2n) is 6.09. The molecule has 2 aromatic rings. The van der Waals surface area contributed by atoms with Crippen molar-refractivity contribution in [2.45, 2.75) is 37.5 Å². The molecule has 118 valence electrons. The van der Waals surface area contributed by atoms with Crippen molar-refractivity contribution < 1.29 is 9.84 Å². The SMILES string of the molecule is N=N[C@H]1CCC[C@@H](N2c3ccccc3Oc3ccccc32)[C@@H]1O. The first-order valence-electron chi connectivity index (χ1n) is 7.99. The van der Waals surface area contributed by atoms with Crippen LogP contribution in [0, 0.1) is 5.53 Å². The molecule has 3 atom stereocenters. The van der Waals surface area contributed by atoms with Crippen molar-refractivity contribution in [1.29, 1.82) is 5.53 Å². The third-order valence-electron chi connectivity index (χ3n) is 4.76. The first kappa shape index (κ1) is 14.2. The summed E-state index contributed by atoms with van der Waals surface area (Å²) >= 11 is 0. The Labute approximate surface area is 135 Å². The molecule has 2 N–H and O–H groups in total. The maximum atomic E-state index is 10.7. The predicted octanol–water partition coefficient (Wildman–Crippen LogP) is 4.24. The Morgan fingerprint density at radius 1 is 1.00 bits per heavy atom. The maximum absolute atomic E-state index is 10.7. The first-order chi connectivity index (χ1) is 11.3. The number of hydrogen-bond acceptors (Lipinski definition) is 5. The smallest absolute Gasteiger partial charge is 0.151 e. The molecular formula is C18H19N3O2. The van der Waals surface area contributed by atoms with Gasteiger partial charge in [0, 0.05) is 0 Å². The van der Waals surface area contributed by atoms with E-state index in [0.29, 0.717) is 0 Å². The highest BCUT2D eigenvalue weighted by Crippen LogP contribution is 2.49. The van der Waals surface area contributed by atoms with E-state index in [4.69, 9.17) is 10.3 Å². The van der Waals surface area contributed by atoms with Crippen LogP contribution >= 0.6 is 0 Å². The fraction of sp³-hybridized carbons (Fsp3) is 0.333. The standard InChI is InChI=1S/C18H19N3O2/c19-20-12-6-5-9-15(18(12)22)21-13-7-1-3-10-16(13)23-17-11-4-2-8-14(17)21/h1-4,7-8,10-12,15,18-19,22H,5-6,9H2/t12-,15+,18+/m0/s1. The summed E-state index contributed by atoms with van der Waals surface area (Å²) in [6, 6.07) is 15.3. The zero-order chi connectivity index (χ0) is 15.8. The number of nitrogens with zero attached hydrogens (tertiary/aromatic N) is 2. The highest BCUT2D eigenvalue weighted by atomic mass is 16.5. The lowest BCUT2D eigenvalue weighted by atomic mass is 9.86. The van der Waals surface area contributed by atoms with Crippen LogP contribution in [0.4, 0.5) is 11.4 Å². The summed E-state index contributed by atoms with van der Waals surface area (Å²) in [7, 11) is 0. The summed E-state index contributed by atoms with van der Waals surface area (Å²) in [5.74, 6) is 1.59. The molecule has 4 rings (SSSR count). The van der Waals surface area contributed by atoms with Crippen molar-refractivity contribution in [1.82, 2.24) is 0 Å². The van der Waals surface area contributed by atoms with Crippen LogP contribution in [0.15, 0.2) is 53.6 Å². The average molecular weight is 309 g/mol. The van der Waals surface area contributed by atoms with E-state index >= 15 is 0 Å². The Morgan fingerprint density at radius 2 is 1.61 bits per heavy atom. The number of anilines is 2. The Bertz CT molecular complexity index is 688. The van der Waals surface area contributed by atoms with Gasteiger partial charge in [-0.25, -0.2) is 5.53 Å². The normalized spacial score (nSPS) is 26.0. The van der Waals surface area contributed by atoms with Gasteiger partial charge in [-0.1, -0.05) is 24.3 Å². The van der Waals surface area contributed by atoms with E-state index in [9.17, 15) is 5.11 Å². The molecule has 1 aliphatic heterocycles. The van der Waals surface area contributed by atoms with Gasteiger partial charge < -0.3 is 14.7 Å². The first-order valence-corrected chi connectivity index (χ1v) is 7.99. The molecule has 0 bridgehead atoms. The van der Waals surface area contributed by atoms with E-state index < -0.39 is 6.10 Å². The maximum Gasteiger partial charge on any atom is 0.151 e. The molecule has 0 spiro atoms. The molecule has 5 nitrogen and oxygen atoms in total. The molecule has 1 aliphatic carbocycles. The molecule has 0 saturated heterocycles. The monoisotopic (exact) mass is 309 g/mol. The molecule has 5 heteroatoms. The lowest BCUT2D eigenvalue weighted by molar-refractivity contribution is 0.0844. The Kier molecular flexibility index (Phi) is 3.50. The van der Waals surface area contributed by atoms with Crippen LogP contribution in [0.3, 0.4) is 0 Å². The molecule has 1 saturated carbocycles. The van der Waals surface area contributed by atoms with Gasteiger partial charge in [0.05, 0.1) is 29.6 Å². The van der Waals surface area contributed by atoms with Crippen molar-refractivity contribution in [3.8, 4) is 11.5 Å². The van der Waals surface area contributed by atoms with E-state index in [2.05, 4.69) is 10.0 Å². The molecule has 23 heavy (non-hydrogen) atoms. The van der Waals surface area contributed by atoms with Crippen LogP contribution in [0.25, 0.3) is 0 Å². The van der Waals surface area contributed by atoms with Crippen LogP contribution in [-0.2, 0) is 0 Å². The number of para-hydroxylation sites is 4. The molecule has 1 fully saturated rings. The Hall–Kier alpha value is -2.40. The molecular weight excluding hydrogens is 290 g/mol. The van der Waals surface area contributed by atoms with Crippen LogP contribution in [0.2, 0.25) is 0 Å². The van der Waals surface area contributed by atoms with Crippen molar-refractivity contribution >= 4 is 11.4 Å². The van der Waals surface area contributed by atoms with E-state index in [1.807, 2.05) is 48.5 Å². The second-order valence-corrected chi connectivity index (χ2v) is 6.09. The highest BCUT2D eigenvalue weighted by molar-refractivity contribution is 5.78. The van der Waals surface area contributed by atoms with Crippen LogP contribution in [0.1, 0.15) is 19.3 Å². The predicted molar refractivity (Wildman–Crippen MR) is 87.7 cm³/mol. The third kappa shape index (κ3) is 2.28. The van der Waals surface area contributed by atoms with E-state index in [0.717, 1.165) is 42.1 Å². The van der Waals surface area contributed by atoms with E-state index in [1.165, 1.54) is 0 Å². The second kappa shape index (κ2) is 5.66. The molecule has 0 radical (unpaired) electrons. The molecule has 0 amide bonds. The van der Waals surface area contributed by atoms with Crippen molar-refractivity contribution in [3.05, 3.63) is 48.5 Å². The van der Waals surface area contributed by atoms with Crippen molar-refractivity contribution in [2.75, 3.05) is 4.90 Å². The zero-order valence-electron chi connectivity index (χ0n) is 12.7. The minimum atomic E-state index is -0.652. The summed E-state index contributed by atoms with van der Waals surface area (Å²) in [5.41, 5.74) is 9.26. The van der Waals surface area contributed by atoms with Crippen LogP contribution in [0.5, 0.6) is 11.5 Å².